The maximum atomic E-state index is 12.8. The van der Waals surface area contributed by atoms with Crippen LogP contribution in [0.15, 0.2) is 73.1 Å². The van der Waals surface area contributed by atoms with Gasteiger partial charge in [0.1, 0.15) is 6.33 Å². The highest BCUT2D eigenvalue weighted by molar-refractivity contribution is 6.07. The van der Waals surface area contributed by atoms with Gasteiger partial charge in [-0.3, -0.25) is 25.8 Å². The lowest BCUT2D eigenvalue weighted by atomic mass is 10.0. The Hall–Kier alpha value is -4.53. The van der Waals surface area contributed by atoms with Crippen LogP contribution in [-0.4, -0.2) is 20.8 Å². The first-order valence-electron chi connectivity index (χ1n) is 11.0. The Morgan fingerprint density at radius 1 is 0.971 bits per heavy atom. The van der Waals surface area contributed by atoms with Crippen molar-refractivity contribution in [3.05, 3.63) is 94.3 Å². The smallest absolute Gasteiger partial charge is 0.334 e. The van der Waals surface area contributed by atoms with Gasteiger partial charge in [-0.15, -0.1) is 0 Å². The van der Waals surface area contributed by atoms with Crippen LogP contribution in [-0.2, 0) is 6.42 Å². The summed E-state index contributed by atoms with van der Waals surface area (Å²) in [5, 5.41) is 16.5. The predicted octanol–water partition coefficient (Wildman–Crippen LogP) is 5.38. The van der Waals surface area contributed by atoms with Crippen molar-refractivity contribution in [3.63, 3.8) is 0 Å². The molecule has 0 saturated heterocycles. The molecule has 9 nitrogen and oxygen atoms in total. The second kappa shape index (κ2) is 10.4. The third-order valence-electron chi connectivity index (χ3n) is 5.37. The molecule has 0 saturated carbocycles. The van der Waals surface area contributed by atoms with Gasteiger partial charge in [-0.25, -0.2) is 9.97 Å². The predicted molar refractivity (Wildman–Crippen MR) is 132 cm³/mol. The Bertz CT molecular complexity index is 1320. The van der Waals surface area contributed by atoms with Gasteiger partial charge in [0.25, 0.3) is 5.91 Å². The molecule has 0 radical (unpaired) electrons. The van der Waals surface area contributed by atoms with Crippen molar-refractivity contribution in [3.8, 4) is 0 Å². The molecule has 0 aliphatic rings. The molecule has 0 aliphatic heterocycles. The number of amides is 1. The van der Waals surface area contributed by atoms with Crippen LogP contribution >= 0.6 is 0 Å². The van der Waals surface area contributed by atoms with E-state index in [9.17, 15) is 14.9 Å². The fraction of sp³-hybridized carbons (Fsp3) is 0.160. The molecule has 172 valence electrons. The molecule has 4 rings (SSSR count). The van der Waals surface area contributed by atoms with Gasteiger partial charge in [0.2, 0.25) is 11.6 Å². The normalized spacial score (nSPS) is 10.6. The van der Waals surface area contributed by atoms with Crippen LogP contribution in [0, 0.1) is 10.1 Å². The number of nitrogens with zero attached hydrogens (tertiary/aromatic N) is 3. The molecule has 1 aromatic heterocycles. The third kappa shape index (κ3) is 5.09. The lowest BCUT2D eigenvalue weighted by Crippen LogP contribution is -2.30. The Morgan fingerprint density at radius 3 is 2.47 bits per heavy atom. The molecule has 3 N–H and O–H groups in total. The van der Waals surface area contributed by atoms with Gasteiger partial charge in [0, 0.05) is 11.3 Å². The van der Waals surface area contributed by atoms with Crippen LogP contribution < -0.4 is 16.2 Å². The summed E-state index contributed by atoms with van der Waals surface area (Å²) in [7, 11) is 0. The number of rotatable bonds is 9. The van der Waals surface area contributed by atoms with Crippen molar-refractivity contribution in [1.29, 1.82) is 0 Å². The van der Waals surface area contributed by atoms with E-state index in [0.717, 1.165) is 30.0 Å². The second-order valence-electron chi connectivity index (χ2n) is 7.71. The van der Waals surface area contributed by atoms with Gasteiger partial charge >= 0.3 is 5.69 Å². The van der Waals surface area contributed by atoms with E-state index >= 15 is 0 Å². The number of aryl methyl sites for hydroxylation is 1. The molecule has 0 spiro atoms. The molecule has 0 bridgehead atoms. The summed E-state index contributed by atoms with van der Waals surface area (Å²) >= 11 is 0. The van der Waals surface area contributed by atoms with Crippen LogP contribution in [0.2, 0.25) is 0 Å². The van der Waals surface area contributed by atoms with Crippen LogP contribution in [0.4, 0.5) is 23.0 Å². The number of hydrogen-bond donors (Lipinski definition) is 3. The number of anilines is 3. The molecule has 4 aromatic rings. The molecule has 0 atom stereocenters. The van der Waals surface area contributed by atoms with Gasteiger partial charge in [0.05, 0.1) is 4.92 Å². The van der Waals surface area contributed by atoms with Crippen molar-refractivity contribution in [2.75, 3.05) is 10.7 Å². The molecule has 0 aliphatic carbocycles. The Labute approximate surface area is 196 Å². The molecule has 3 aromatic carbocycles. The molecule has 9 heteroatoms. The maximum Gasteiger partial charge on any atom is 0.355 e. The zero-order chi connectivity index (χ0) is 23.9. The maximum absolute atomic E-state index is 12.8. The first-order valence-corrected chi connectivity index (χ1v) is 11.0. The summed E-state index contributed by atoms with van der Waals surface area (Å²) in [5.41, 5.74) is 7.01. The summed E-state index contributed by atoms with van der Waals surface area (Å²) < 4.78 is 0. The molecule has 1 heterocycles. The summed E-state index contributed by atoms with van der Waals surface area (Å²) in [6.07, 6.45) is 4.38. The number of nitro groups is 1. The lowest BCUT2D eigenvalue weighted by Gasteiger charge is -2.12. The SMILES string of the molecule is CCCCc1ccc(Nc2ncnc(NNC(=O)c3cccc4ccccc34)c2[N+](=O)[O-])cc1. The van der Waals surface area contributed by atoms with Crippen LogP contribution in [0.25, 0.3) is 10.8 Å². The Morgan fingerprint density at radius 2 is 1.71 bits per heavy atom. The first-order chi connectivity index (χ1) is 16.6. The van der Waals surface area contributed by atoms with E-state index in [2.05, 4.69) is 33.1 Å². The van der Waals surface area contributed by atoms with Crippen LogP contribution in [0.5, 0.6) is 0 Å². The largest absolute Gasteiger partial charge is 0.355 e. The number of unbranched alkanes of at least 4 members (excludes halogenated alkanes) is 1. The van der Waals surface area contributed by atoms with E-state index < -0.39 is 10.8 Å². The minimum absolute atomic E-state index is 0.0169. The summed E-state index contributed by atoms with van der Waals surface area (Å²) in [6.45, 7) is 2.14. The average Bonchev–Trinajstić information content (AvgIpc) is 2.86. The number of fused-ring (bicyclic) bond motifs is 1. The topological polar surface area (TPSA) is 122 Å². The fourth-order valence-corrected chi connectivity index (χ4v) is 3.61. The van der Waals surface area contributed by atoms with E-state index in [1.54, 1.807) is 12.1 Å². The average molecular weight is 457 g/mol. The van der Waals surface area contributed by atoms with Crippen molar-refractivity contribution in [2.45, 2.75) is 26.2 Å². The molecule has 1 amide bonds. The molecule has 34 heavy (non-hydrogen) atoms. The summed E-state index contributed by atoms with van der Waals surface area (Å²) in [4.78, 5) is 32.0. The zero-order valence-corrected chi connectivity index (χ0v) is 18.6. The number of aromatic nitrogens is 2. The second-order valence-corrected chi connectivity index (χ2v) is 7.71. The van der Waals surface area contributed by atoms with Gasteiger partial charge in [0.15, 0.2) is 0 Å². The highest BCUT2D eigenvalue weighted by atomic mass is 16.6. The van der Waals surface area contributed by atoms with Crippen molar-refractivity contribution < 1.29 is 9.72 Å². The highest BCUT2D eigenvalue weighted by Crippen LogP contribution is 2.31. The van der Waals surface area contributed by atoms with Crippen molar-refractivity contribution in [1.82, 2.24) is 15.4 Å². The molecular formula is C25H24N6O3. The van der Waals surface area contributed by atoms with E-state index in [1.807, 2.05) is 54.6 Å². The fourth-order valence-electron chi connectivity index (χ4n) is 3.61. The standard InChI is InChI=1S/C25H24N6O3/c1-2-3-7-17-12-14-19(15-13-17)28-23-22(31(33)34)24(27-16-26-23)29-30-25(32)21-11-6-9-18-8-4-5-10-20(18)21/h4-6,8-16H,2-3,7H2,1H3,(H,30,32)(H2,26,27,28,29). The van der Waals surface area contributed by atoms with Gasteiger partial charge in [-0.1, -0.05) is 61.9 Å². The number of hydrogen-bond acceptors (Lipinski definition) is 7. The Balaban J connectivity index is 1.53. The number of carbonyl (C=O) groups excluding carboxylic acids is 1. The van der Waals surface area contributed by atoms with Gasteiger partial charge < -0.3 is 5.32 Å². The number of benzene rings is 3. The minimum atomic E-state index is -0.593. The summed E-state index contributed by atoms with van der Waals surface area (Å²) in [5.74, 6) is -0.555. The molecule has 0 unspecified atom stereocenters. The Kier molecular flexibility index (Phi) is 6.92. The first kappa shape index (κ1) is 22.7. The van der Waals surface area contributed by atoms with Crippen LogP contribution in [0.3, 0.4) is 0 Å². The molecule has 0 fully saturated rings. The highest BCUT2D eigenvalue weighted by Gasteiger charge is 2.24. The van der Waals surface area contributed by atoms with Crippen LogP contribution in [0.1, 0.15) is 35.7 Å². The number of nitrogens with one attached hydrogen (secondary N) is 3. The van der Waals surface area contributed by atoms with E-state index in [1.165, 1.54) is 11.9 Å². The number of hydrazine groups is 1. The third-order valence-corrected chi connectivity index (χ3v) is 5.37. The monoisotopic (exact) mass is 456 g/mol. The zero-order valence-electron chi connectivity index (χ0n) is 18.6. The van der Waals surface area contributed by atoms with Gasteiger partial charge in [-0.2, -0.15) is 0 Å². The molecular weight excluding hydrogens is 432 g/mol. The van der Waals surface area contributed by atoms with E-state index in [0.29, 0.717) is 11.3 Å². The quantitative estimate of drug-likeness (QED) is 0.228. The van der Waals surface area contributed by atoms with Gasteiger partial charge in [-0.05, 0) is 47.4 Å². The minimum Gasteiger partial charge on any atom is -0.334 e. The summed E-state index contributed by atoms with van der Waals surface area (Å²) in [6, 6.07) is 20.5. The van der Waals surface area contributed by atoms with Crippen molar-refractivity contribution in [2.24, 2.45) is 0 Å². The van der Waals surface area contributed by atoms with E-state index in [-0.39, 0.29) is 17.3 Å². The van der Waals surface area contributed by atoms with Crippen molar-refractivity contribution >= 4 is 39.7 Å². The number of carbonyl (C=O) groups is 1. The lowest BCUT2D eigenvalue weighted by molar-refractivity contribution is -0.383. The van der Waals surface area contributed by atoms with E-state index in [4.69, 9.17) is 0 Å².